The summed E-state index contributed by atoms with van der Waals surface area (Å²) in [6.45, 7) is 0.313. The molecule has 1 N–H and O–H groups in total. The molecular formula is C17H17N3O3S. The van der Waals surface area contributed by atoms with Crippen LogP contribution in [0.1, 0.15) is 18.4 Å². The lowest BCUT2D eigenvalue weighted by molar-refractivity contribution is 0.313. The van der Waals surface area contributed by atoms with Crippen molar-refractivity contribution in [3.63, 3.8) is 0 Å². The zero-order valence-corrected chi connectivity index (χ0v) is 13.7. The van der Waals surface area contributed by atoms with E-state index in [1.165, 1.54) is 12.3 Å². The first-order valence-electron chi connectivity index (χ1n) is 7.31. The highest BCUT2D eigenvalue weighted by Gasteiger charge is 2.11. The fourth-order valence-corrected chi connectivity index (χ4v) is 2.65. The van der Waals surface area contributed by atoms with Gasteiger partial charge in [0.15, 0.2) is 11.6 Å². The number of ether oxygens (including phenoxy) is 1. The number of nitrogens with zero attached hydrogens (tertiary/aromatic N) is 2. The van der Waals surface area contributed by atoms with Crippen LogP contribution in [0, 0.1) is 11.3 Å². The molecule has 6 nitrogen and oxygen atoms in total. The number of sulfonamides is 1. The Morgan fingerprint density at radius 3 is 2.75 bits per heavy atom. The molecule has 0 aliphatic carbocycles. The lowest BCUT2D eigenvalue weighted by atomic mass is 10.2. The largest absolute Gasteiger partial charge is 0.490 e. The molecule has 1 aromatic carbocycles. The van der Waals surface area contributed by atoms with Crippen molar-refractivity contribution in [1.82, 2.24) is 4.98 Å². The molecule has 0 saturated carbocycles. The van der Waals surface area contributed by atoms with Gasteiger partial charge in [0.1, 0.15) is 0 Å². The molecule has 0 unspecified atom stereocenters. The van der Waals surface area contributed by atoms with Crippen LogP contribution in [0.2, 0.25) is 0 Å². The van der Waals surface area contributed by atoms with Crippen LogP contribution in [-0.4, -0.2) is 20.0 Å². The minimum absolute atomic E-state index is 0.118. The van der Waals surface area contributed by atoms with Crippen molar-refractivity contribution in [2.75, 3.05) is 11.3 Å². The lowest BCUT2D eigenvalue weighted by Gasteiger charge is -2.10. The molecule has 0 amide bonds. The summed E-state index contributed by atoms with van der Waals surface area (Å²) in [5, 5.41) is 9.59. The highest BCUT2D eigenvalue weighted by Crippen LogP contribution is 2.22. The summed E-state index contributed by atoms with van der Waals surface area (Å²) in [5.41, 5.74) is 0.775. The van der Waals surface area contributed by atoms with Gasteiger partial charge in [-0.3, -0.25) is 4.72 Å². The second-order valence-corrected chi connectivity index (χ2v) is 6.39. The minimum atomic E-state index is -3.72. The monoisotopic (exact) mass is 343 g/mol. The van der Waals surface area contributed by atoms with Gasteiger partial charge in [0.25, 0.3) is 10.0 Å². The van der Waals surface area contributed by atoms with Gasteiger partial charge in [0.05, 0.1) is 18.1 Å². The van der Waals surface area contributed by atoms with Crippen LogP contribution in [0.25, 0.3) is 6.08 Å². The van der Waals surface area contributed by atoms with Crippen LogP contribution in [-0.2, 0) is 10.0 Å². The standard InChI is InChI=1S/C17H17N3O3S/c18-11-4-5-13-23-16-9-6-12-19-17(16)20-24(21,22)14-10-15-7-2-1-3-8-15/h1-3,6-10,12,14H,4-5,13H2,(H,19,20)/b14-10-. The number of pyridine rings is 1. The van der Waals surface area contributed by atoms with Crippen molar-refractivity contribution in [3.8, 4) is 11.8 Å². The summed E-state index contributed by atoms with van der Waals surface area (Å²) in [7, 11) is -3.72. The van der Waals surface area contributed by atoms with Gasteiger partial charge in [-0.1, -0.05) is 30.3 Å². The Morgan fingerprint density at radius 1 is 1.21 bits per heavy atom. The van der Waals surface area contributed by atoms with Crippen molar-refractivity contribution < 1.29 is 13.2 Å². The fourth-order valence-electron chi connectivity index (χ4n) is 1.82. The first-order chi connectivity index (χ1) is 11.6. The molecule has 7 heteroatoms. The van der Waals surface area contributed by atoms with E-state index in [4.69, 9.17) is 10.00 Å². The van der Waals surface area contributed by atoms with Gasteiger partial charge in [-0.05, 0) is 30.2 Å². The Kier molecular flexibility index (Phi) is 6.34. The molecule has 1 aromatic heterocycles. The molecule has 1 heterocycles. The number of benzene rings is 1. The van der Waals surface area contributed by atoms with E-state index in [-0.39, 0.29) is 5.82 Å². The average Bonchev–Trinajstić information content (AvgIpc) is 2.59. The van der Waals surface area contributed by atoms with Gasteiger partial charge in [-0.15, -0.1) is 0 Å². The van der Waals surface area contributed by atoms with E-state index in [2.05, 4.69) is 9.71 Å². The number of nitrogens with one attached hydrogen (secondary N) is 1. The van der Waals surface area contributed by atoms with Crippen LogP contribution in [0.15, 0.2) is 54.1 Å². The Labute approximate surface area is 141 Å². The van der Waals surface area contributed by atoms with Crippen LogP contribution in [0.4, 0.5) is 5.82 Å². The molecule has 24 heavy (non-hydrogen) atoms. The predicted molar refractivity (Wildman–Crippen MR) is 92.6 cm³/mol. The summed E-state index contributed by atoms with van der Waals surface area (Å²) < 4.78 is 32.2. The highest BCUT2D eigenvalue weighted by molar-refractivity contribution is 7.95. The minimum Gasteiger partial charge on any atom is -0.490 e. The van der Waals surface area contributed by atoms with Crippen molar-refractivity contribution in [2.24, 2.45) is 0 Å². The molecular weight excluding hydrogens is 326 g/mol. The summed E-state index contributed by atoms with van der Waals surface area (Å²) in [5.74, 6) is 0.444. The maximum atomic E-state index is 12.2. The SMILES string of the molecule is N#CCCCOc1cccnc1NS(=O)(=O)/C=C\c1ccccc1. The number of unbranched alkanes of at least 4 members (excludes halogenated alkanes) is 1. The number of anilines is 1. The van der Waals surface area contributed by atoms with Gasteiger partial charge >= 0.3 is 0 Å². The highest BCUT2D eigenvalue weighted by atomic mass is 32.2. The number of aromatic nitrogens is 1. The first kappa shape index (κ1) is 17.5. The van der Waals surface area contributed by atoms with Gasteiger partial charge in [0, 0.05) is 12.6 Å². The van der Waals surface area contributed by atoms with Crippen molar-refractivity contribution in [1.29, 1.82) is 5.26 Å². The second kappa shape index (κ2) is 8.70. The van der Waals surface area contributed by atoms with Crippen LogP contribution >= 0.6 is 0 Å². The van der Waals surface area contributed by atoms with E-state index < -0.39 is 10.0 Å². The van der Waals surface area contributed by atoms with Crippen molar-refractivity contribution in [2.45, 2.75) is 12.8 Å². The normalized spacial score (nSPS) is 11.1. The molecule has 2 rings (SSSR count). The molecule has 0 bridgehead atoms. The third kappa shape index (κ3) is 5.74. The van der Waals surface area contributed by atoms with E-state index in [0.717, 1.165) is 11.0 Å². The third-order valence-corrected chi connectivity index (χ3v) is 3.91. The smallest absolute Gasteiger partial charge is 0.256 e. The van der Waals surface area contributed by atoms with E-state index in [0.29, 0.717) is 25.2 Å². The molecule has 0 fully saturated rings. The van der Waals surface area contributed by atoms with Crippen LogP contribution in [0.5, 0.6) is 5.75 Å². The van der Waals surface area contributed by atoms with Crippen LogP contribution in [0.3, 0.4) is 0 Å². The zero-order valence-electron chi connectivity index (χ0n) is 12.9. The maximum absolute atomic E-state index is 12.2. The predicted octanol–water partition coefficient (Wildman–Crippen LogP) is 3.18. The number of hydrogen-bond acceptors (Lipinski definition) is 5. The average molecular weight is 343 g/mol. The van der Waals surface area contributed by atoms with Crippen molar-refractivity contribution in [3.05, 3.63) is 59.6 Å². The van der Waals surface area contributed by atoms with Gasteiger partial charge in [-0.2, -0.15) is 5.26 Å². The van der Waals surface area contributed by atoms with Gasteiger partial charge < -0.3 is 4.74 Å². The van der Waals surface area contributed by atoms with E-state index >= 15 is 0 Å². The lowest BCUT2D eigenvalue weighted by Crippen LogP contribution is -2.12. The Balaban J connectivity index is 2.06. The number of rotatable bonds is 8. The summed E-state index contributed by atoms with van der Waals surface area (Å²) in [6, 6.07) is 14.4. The molecule has 0 saturated heterocycles. The van der Waals surface area contributed by atoms with Crippen molar-refractivity contribution >= 4 is 21.9 Å². The first-order valence-corrected chi connectivity index (χ1v) is 8.86. The topological polar surface area (TPSA) is 92.1 Å². The quantitative estimate of drug-likeness (QED) is 0.743. The van der Waals surface area contributed by atoms with E-state index in [1.54, 1.807) is 24.3 Å². The summed E-state index contributed by atoms with van der Waals surface area (Å²) in [6.07, 6.45) is 3.91. The van der Waals surface area contributed by atoms with Gasteiger partial charge in [-0.25, -0.2) is 13.4 Å². The molecule has 0 aliphatic heterocycles. The molecule has 0 spiro atoms. The van der Waals surface area contributed by atoms with Crippen LogP contribution < -0.4 is 9.46 Å². The molecule has 124 valence electrons. The molecule has 0 aliphatic rings. The molecule has 0 radical (unpaired) electrons. The van der Waals surface area contributed by atoms with E-state index in [9.17, 15) is 8.42 Å². The van der Waals surface area contributed by atoms with E-state index in [1.807, 2.05) is 24.3 Å². The maximum Gasteiger partial charge on any atom is 0.256 e. The zero-order chi connectivity index (χ0) is 17.3. The Morgan fingerprint density at radius 2 is 2.00 bits per heavy atom. The number of nitriles is 1. The fraction of sp³-hybridized carbons (Fsp3) is 0.176. The summed E-state index contributed by atoms with van der Waals surface area (Å²) >= 11 is 0. The number of hydrogen-bond donors (Lipinski definition) is 1. The molecule has 2 aromatic rings. The van der Waals surface area contributed by atoms with Gasteiger partial charge in [0.2, 0.25) is 0 Å². The third-order valence-electron chi connectivity index (χ3n) is 2.94. The Hall–Kier alpha value is -2.85. The second-order valence-electron chi connectivity index (χ2n) is 4.82. The Bertz CT molecular complexity index is 828. The summed E-state index contributed by atoms with van der Waals surface area (Å²) in [4.78, 5) is 4.00. The molecule has 0 atom stereocenters.